The van der Waals surface area contributed by atoms with Gasteiger partial charge in [0.2, 0.25) is 0 Å². The Labute approximate surface area is 126 Å². The number of nitrogens with one attached hydrogen (secondary N) is 1. The number of thiophene rings is 1. The van der Waals surface area contributed by atoms with Crippen molar-refractivity contribution in [2.75, 3.05) is 13.7 Å². The van der Waals surface area contributed by atoms with Gasteiger partial charge in [0.1, 0.15) is 5.75 Å². The SMILES string of the molecule is CCNC(c1ccc(Br)cc1OC)c1ccsc1C. The number of ether oxygens (including phenoxy) is 1. The van der Waals surface area contributed by atoms with Crippen LogP contribution in [0, 0.1) is 6.92 Å². The minimum absolute atomic E-state index is 0.180. The van der Waals surface area contributed by atoms with Crippen molar-refractivity contribution in [2.45, 2.75) is 19.9 Å². The molecule has 102 valence electrons. The third kappa shape index (κ3) is 3.19. The fourth-order valence-corrected chi connectivity index (χ4v) is 3.29. The molecule has 1 N–H and O–H groups in total. The molecule has 1 aromatic carbocycles. The molecule has 0 saturated carbocycles. The molecule has 1 aromatic heterocycles. The first-order chi connectivity index (χ1) is 9.17. The standard InChI is InChI=1S/C15H18BrNOS/c1-4-17-15(12-7-8-19-10(12)2)13-6-5-11(16)9-14(13)18-3/h5-9,15,17H,4H2,1-3H3. The maximum Gasteiger partial charge on any atom is 0.125 e. The van der Waals surface area contributed by atoms with Crippen LogP contribution in [-0.4, -0.2) is 13.7 Å². The van der Waals surface area contributed by atoms with Crippen LogP contribution < -0.4 is 10.1 Å². The van der Waals surface area contributed by atoms with Crippen molar-refractivity contribution in [3.63, 3.8) is 0 Å². The average Bonchev–Trinajstić information content (AvgIpc) is 2.82. The second kappa shape index (κ2) is 6.55. The predicted molar refractivity (Wildman–Crippen MR) is 85.3 cm³/mol. The highest BCUT2D eigenvalue weighted by molar-refractivity contribution is 9.10. The van der Waals surface area contributed by atoms with E-state index < -0.39 is 0 Å². The van der Waals surface area contributed by atoms with E-state index in [-0.39, 0.29) is 6.04 Å². The van der Waals surface area contributed by atoms with E-state index in [0.29, 0.717) is 0 Å². The minimum atomic E-state index is 0.180. The number of aryl methyl sites for hydroxylation is 1. The van der Waals surface area contributed by atoms with Crippen LogP contribution in [0.25, 0.3) is 0 Å². The first-order valence-electron chi connectivity index (χ1n) is 6.28. The van der Waals surface area contributed by atoms with Crippen LogP contribution in [0.2, 0.25) is 0 Å². The van der Waals surface area contributed by atoms with E-state index in [4.69, 9.17) is 4.74 Å². The first kappa shape index (κ1) is 14.6. The van der Waals surface area contributed by atoms with Crippen LogP contribution in [-0.2, 0) is 0 Å². The molecule has 2 nitrogen and oxygen atoms in total. The van der Waals surface area contributed by atoms with E-state index in [1.165, 1.54) is 16.0 Å². The zero-order chi connectivity index (χ0) is 13.8. The molecule has 0 bridgehead atoms. The molecular weight excluding hydrogens is 322 g/mol. The maximum atomic E-state index is 5.52. The number of benzene rings is 1. The van der Waals surface area contributed by atoms with Crippen molar-refractivity contribution >= 4 is 27.3 Å². The van der Waals surface area contributed by atoms with Crippen molar-refractivity contribution in [3.8, 4) is 5.75 Å². The molecule has 0 spiro atoms. The summed E-state index contributed by atoms with van der Waals surface area (Å²) in [5.41, 5.74) is 2.50. The van der Waals surface area contributed by atoms with E-state index in [9.17, 15) is 0 Å². The van der Waals surface area contributed by atoms with Gasteiger partial charge in [-0.25, -0.2) is 0 Å². The highest BCUT2D eigenvalue weighted by Crippen LogP contribution is 2.34. The van der Waals surface area contributed by atoms with Crippen molar-refractivity contribution in [1.29, 1.82) is 0 Å². The van der Waals surface area contributed by atoms with Gasteiger partial charge in [-0.15, -0.1) is 11.3 Å². The molecule has 19 heavy (non-hydrogen) atoms. The monoisotopic (exact) mass is 339 g/mol. The van der Waals surface area contributed by atoms with Crippen LogP contribution in [0.5, 0.6) is 5.75 Å². The molecule has 0 aliphatic carbocycles. The Kier molecular flexibility index (Phi) is 5.02. The van der Waals surface area contributed by atoms with Gasteiger partial charge in [0.05, 0.1) is 13.2 Å². The number of methoxy groups -OCH3 is 1. The molecule has 1 heterocycles. The third-order valence-electron chi connectivity index (χ3n) is 3.12. The van der Waals surface area contributed by atoms with Crippen LogP contribution in [0.4, 0.5) is 0 Å². The molecule has 1 atom stereocenters. The van der Waals surface area contributed by atoms with E-state index in [1.807, 2.05) is 6.07 Å². The van der Waals surface area contributed by atoms with Gasteiger partial charge in [0.25, 0.3) is 0 Å². The highest BCUT2D eigenvalue weighted by Gasteiger charge is 2.19. The Morgan fingerprint density at radius 3 is 2.68 bits per heavy atom. The van der Waals surface area contributed by atoms with Crippen LogP contribution in [0.15, 0.2) is 34.1 Å². The Morgan fingerprint density at radius 1 is 1.32 bits per heavy atom. The van der Waals surface area contributed by atoms with Crippen LogP contribution in [0.3, 0.4) is 0 Å². The van der Waals surface area contributed by atoms with Gasteiger partial charge < -0.3 is 10.1 Å². The van der Waals surface area contributed by atoms with Crippen LogP contribution in [0.1, 0.15) is 29.0 Å². The molecule has 0 saturated heterocycles. The lowest BCUT2D eigenvalue weighted by Crippen LogP contribution is -2.22. The summed E-state index contributed by atoms with van der Waals surface area (Å²) < 4.78 is 6.56. The largest absolute Gasteiger partial charge is 0.496 e. The quantitative estimate of drug-likeness (QED) is 0.864. The van der Waals surface area contributed by atoms with Gasteiger partial charge in [-0.3, -0.25) is 0 Å². The first-order valence-corrected chi connectivity index (χ1v) is 7.95. The fourth-order valence-electron chi connectivity index (χ4n) is 2.21. The summed E-state index contributed by atoms with van der Waals surface area (Å²) in [6, 6.07) is 8.56. The van der Waals surface area contributed by atoms with Gasteiger partial charge in [-0.2, -0.15) is 0 Å². The molecule has 4 heteroatoms. The number of hydrogen-bond acceptors (Lipinski definition) is 3. The van der Waals surface area contributed by atoms with Crippen molar-refractivity contribution in [1.82, 2.24) is 5.32 Å². The zero-order valence-electron chi connectivity index (χ0n) is 11.4. The molecule has 0 aliphatic rings. The number of rotatable bonds is 5. The summed E-state index contributed by atoms with van der Waals surface area (Å²) in [5.74, 6) is 0.908. The minimum Gasteiger partial charge on any atom is -0.496 e. The molecule has 2 aromatic rings. The topological polar surface area (TPSA) is 21.3 Å². The van der Waals surface area contributed by atoms with Crippen molar-refractivity contribution < 1.29 is 4.74 Å². The number of hydrogen-bond donors (Lipinski definition) is 1. The van der Waals surface area contributed by atoms with E-state index >= 15 is 0 Å². The van der Waals surface area contributed by atoms with Gasteiger partial charge in [-0.1, -0.05) is 28.9 Å². The fraction of sp³-hybridized carbons (Fsp3) is 0.333. The molecule has 0 radical (unpaired) electrons. The lowest BCUT2D eigenvalue weighted by atomic mass is 9.98. The van der Waals surface area contributed by atoms with Gasteiger partial charge in [-0.05, 0) is 42.6 Å². The number of halogens is 1. The second-order valence-electron chi connectivity index (χ2n) is 4.31. The normalized spacial score (nSPS) is 12.4. The Balaban J connectivity index is 2.48. The summed E-state index contributed by atoms with van der Waals surface area (Å²) in [6.45, 7) is 5.20. The lowest BCUT2D eigenvalue weighted by Gasteiger charge is -2.21. The van der Waals surface area contributed by atoms with Gasteiger partial charge in [0.15, 0.2) is 0 Å². The van der Waals surface area contributed by atoms with Crippen molar-refractivity contribution in [3.05, 3.63) is 50.1 Å². The van der Waals surface area contributed by atoms with Gasteiger partial charge in [0, 0.05) is 14.9 Å². The lowest BCUT2D eigenvalue weighted by molar-refractivity contribution is 0.404. The van der Waals surface area contributed by atoms with Crippen molar-refractivity contribution in [2.24, 2.45) is 0 Å². The second-order valence-corrected chi connectivity index (χ2v) is 6.35. The Hall–Kier alpha value is -0.840. The summed E-state index contributed by atoms with van der Waals surface area (Å²) in [4.78, 5) is 1.34. The maximum absolute atomic E-state index is 5.52. The van der Waals surface area contributed by atoms with E-state index in [0.717, 1.165) is 16.8 Å². The molecule has 0 amide bonds. The molecule has 0 aliphatic heterocycles. The molecule has 2 rings (SSSR count). The average molecular weight is 340 g/mol. The molecule has 0 fully saturated rings. The summed E-state index contributed by atoms with van der Waals surface area (Å²) in [6.07, 6.45) is 0. The van der Waals surface area contributed by atoms with E-state index in [2.05, 4.69) is 58.7 Å². The molecule has 1 unspecified atom stereocenters. The van der Waals surface area contributed by atoms with E-state index in [1.54, 1.807) is 18.4 Å². The Morgan fingerprint density at radius 2 is 2.11 bits per heavy atom. The zero-order valence-corrected chi connectivity index (χ0v) is 13.8. The predicted octanol–water partition coefficient (Wildman–Crippen LogP) is 4.53. The molecular formula is C15H18BrNOS. The van der Waals surface area contributed by atoms with Crippen LogP contribution >= 0.6 is 27.3 Å². The summed E-state index contributed by atoms with van der Waals surface area (Å²) in [5, 5.41) is 5.69. The summed E-state index contributed by atoms with van der Waals surface area (Å²) in [7, 11) is 1.72. The third-order valence-corrected chi connectivity index (χ3v) is 4.48. The van der Waals surface area contributed by atoms with Gasteiger partial charge >= 0.3 is 0 Å². The Bertz CT molecular complexity index is 553. The smallest absolute Gasteiger partial charge is 0.125 e. The highest BCUT2D eigenvalue weighted by atomic mass is 79.9. The summed E-state index contributed by atoms with van der Waals surface area (Å²) >= 11 is 5.27.